The van der Waals surface area contributed by atoms with E-state index in [2.05, 4.69) is 0 Å². The summed E-state index contributed by atoms with van der Waals surface area (Å²) in [6.45, 7) is 2.28. The van der Waals surface area contributed by atoms with Crippen LogP contribution in [0, 0.1) is 6.92 Å². The summed E-state index contributed by atoms with van der Waals surface area (Å²) in [6, 6.07) is 11.6. The Morgan fingerprint density at radius 2 is 1.75 bits per heavy atom. The van der Waals surface area contributed by atoms with Crippen LogP contribution in [0.5, 0.6) is 17.2 Å². The van der Waals surface area contributed by atoms with E-state index in [0.717, 1.165) is 33.9 Å². The number of hydrogen-bond acceptors (Lipinski definition) is 4. The average molecular weight is 271 g/mol. The normalized spacial score (nSPS) is 14.2. The molecule has 2 N–H and O–H groups in total. The molecule has 104 valence electrons. The Hall–Kier alpha value is -2.20. The predicted octanol–water partition coefficient (Wildman–Crippen LogP) is 2.78. The third-order valence-corrected chi connectivity index (χ3v) is 3.53. The van der Waals surface area contributed by atoms with Crippen LogP contribution in [0.25, 0.3) is 0 Å². The lowest BCUT2D eigenvalue weighted by atomic mass is 9.97. The van der Waals surface area contributed by atoms with Crippen LogP contribution in [0.2, 0.25) is 0 Å². The highest BCUT2D eigenvalue weighted by Gasteiger charge is 2.17. The van der Waals surface area contributed by atoms with Crippen molar-refractivity contribution in [1.82, 2.24) is 0 Å². The van der Waals surface area contributed by atoms with Gasteiger partial charge in [0, 0.05) is 0 Å². The number of rotatable bonds is 3. The minimum Gasteiger partial charge on any atom is -0.496 e. The van der Waals surface area contributed by atoms with E-state index in [1.54, 1.807) is 7.11 Å². The molecule has 0 aromatic heterocycles. The third kappa shape index (κ3) is 2.18. The number of aryl methyl sites for hydroxylation is 1. The highest BCUT2D eigenvalue weighted by Crippen LogP contribution is 2.35. The molecule has 0 saturated heterocycles. The molecule has 1 aliphatic heterocycles. The van der Waals surface area contributed by atoms with E-state index < -0.39 is 0 Å². The first-order chi connectivity index (χ1) is 9.69. The molecule has 0 bridgehead atoms. The van der Waals surface area contributed by atoms with Gasteiger partial charge in [0.1, 0.15) is 5.75 Å². The zero-order chi connectivity index (χ0) is 14.1. The predicted molar refractivity (Wildman–Crippen MR) is 76.3 cm³/mol. The molecular formula is C16H17NO3. The van der Waals surface area contributed by atoms with Gasteiger partial charge in [-0.15, -0.1) is 0 Å². The molecule has 20 heavy (non-hydrogen) atoms. The Kier molecular flexibility index (Phi) is 3.24. The van der Waals surface area contributed by atoms with Gasteiger partial charge in [0.2, 0.25) is 6.79 Å². The van der Waals surface area contributed by atoms with Gasteiger partial charge >= 0.3 is 0 Å². The average Bonchev–Trinajstić information content (AvgIpc) is 2.93. The largest absolute Gasteiger partial charge is 0.496 e. The van der Waals surface area contributed by atoms with Crippen molar-refractivity contribution in [2.24, 2.45) is 5.73 Å². The summed E-state index contributed by atoms with van der Waals surface area (Å²) in [5, 5.41) is 0. The lowest BCUT2D eigenvalue weighted by molar-refractivity contribution is 0.174. The second-order valence-corrected chi connectivity index (χ2v) is 4.82. The van der Waals surface area contributed by atoms with E-state index in [9.17, 15) is 0 Å². The molecule has 4 heteroatoms. The van der Waals surface area contributed by atoms with E-state index in [-0.39, 0.29) is 12.8 Å². The quantitative estimate of drug-likeness (QED) is 0.932. The molecule has 4 nitrogen and oxygen atoms in total. The minimum atomic E-state index is -0.200. The standard InChI is InChI=1S/C16H17NO3/c1-10-7-11(3-5-13(10)18-2)16(17)12-4-6-14-15(8-12)20-9-19-14/h3-8,16H,9,17H2,1-2H3. The highest BCUT2D eigenvalue weighted by atomic mass is 16.7. The first kappa shape index (κ1) is 12.8. The smallest absolute Gasteiger partial charge is 0.231 e. The van der Waals surface area contributed by atoms with Crippen LogP contribution in [0.1, 0.15) is 22.7 Å². The maximum atomic E-state index is 6.33. The lowest BCUT2D eigenvalue weighted by Crippen LogP contribution is -2.12. The van der Waals surface area contributed by atoms with E-state index in [1.165, 1.54) is 0 Å². The van der Waals surface area contributed by atoms with Crippen molar-refractivity contribution in [2.75, 3.05) is 13.9 Å². The maximum absolute atomic E-state index is 6.33. The van der Waals surface area contributed by atoms with Gasteiger partial charge in [-0.2, -0.15) is 0 Å². The molecular weight excluding hydrogens is 254 g/mol. The van der Waals surface area contributed by atoms with Crippen LogP contribution in [0.4, 0.5) is 0 Å². The summed E-state index contributed by atoms with van der Waals surface area (Å²) in [6.07, 6.45) is 0. The van der Waals surface area contributed by atoms with Crippen molar-refractivity contribution in [3.05, 3.63) is 53.1 Å². The Balaban J connectivity index is 1.92. The van der Waals surface area contributed by atoms with Crippen molar-refractivity contribution < 1.29 is 14.2 Å². The molecule has 1 heterocycles. The van der Waals surface area contributed by atoms with Gasteiger partial charge in [0.25, 0.3) is 0 Å². The topological polar surface area (TPSA) is 53.7 Å². The van der Waals surface area contributed by atoms with Crippen molar-refractivity contribution in [1.29, 1.82) is 0 Å². The number of hydrogen-bond donors (Lipinski definition) is 1. The van der Waals surface area contributed by atoms with Gasteiger partial charge in [-0.3, -0.25) is 0 Å². The number of ether oxygens (including phenoxy) is 3. The first-order valence-electron chi connectivity index (χ1n) is 6.48. The summed E-state index contributed by atoms with van der Waals surface area (Å²) in [4.78, 5) is 0. The second-order valence-electron chi connectivity index (χ2n) is 4.82. The van der Waals surface area contributed by atoms with Gasteiger partial charge in [-0.05, 0) is 41.8 Å². The molecule has 0 aliphatic carbocycles. The fourth-order valence-electron chi connectivity index (χ4n) is 2.39. The van der Waals surface area contributed by atoms with Crippen LogP contribution in [0.3, 0.4) is 0 Å². The van der Waals surface area contributed by atoms with Crippen molar-refractivity contribution in [3.63, 3.8) is 0 Å². The Bertz CT molecular complexity index is 640. The van der Waals surface area contributed by atoms with Gasteiger partial charge in [0.15, 0.2) is 11.5 Å². The van der Waals surface area contributed by atoms with Crippen molar-refractivity contribution in [3.8, 4) is 17.2 Å². The number of methoxy groups -OCH3 is 1. The summed E-state index contributed by atoms with van der Waals surface area (Å²) >= 11 is 0. The highest BCUT2D eigenvalue weighted by molar-refractivity contribution is 5.48. The molecule has 0 fully saturated rings. The van der Waals surface area contributed by atoms with Crippen molar-refractivity contribution in [2.45, 2.75) is 13.0 Å². The van der Waals surface area contributed by atoms with Crippen LogP contribution < -0.4 is 19.9 Å². The van der Waals surface area contributed by atoms with Crippen molar-refractivity contribution >= 4 is 0 Å². The number of nitrogens with two attached hydrogens (primary N) is 1. The van der Waals surface area contributed by atoms with Gasteiger partial charge in [-0.1, -0.05) is 18.2 Å². The van der Waals surface area contributed by atoms with E-state index >= 15 is 0 Å². The number of fused-ring (bicyclic) bond motifs is 1. The summed E-state index contributed by atoms with van der Waals surface area (Å²) in [5.74, 6) is 2.39. The zero-order valence-corrected chi connectivity index (χ0v) is 11.6. The first-order valence-corrected chi connectivity index (χ1v) is 6.48. The van der Waals surface area contributed by atoms with Crippen LogP contribution in [-0.4, -0.2) is 13.9 Å². The van der Waals surface area contributed by atoms with Crippen LogP contribution in [0.15, 0.2) is 36.4 Å². The molecule has 3 rings (SSSR count). The Labute approximate surface area is 118 Å². The molecule has 1 atom stereocenters. The molecule has 0 radical (unpaired) electrons. The fraction of sp³-hybridized carbons (Fsp3) is 0.250. The molecule has 0 saturated carbocycles. The molecule has 2 aromatic rings. The SMILES string of the molecule is COc1ccc(C(N)c2ccc3c(c2)OCO3)cc1C. The molecule has 1 aliphatic rings. The van der Waals surface area contributed by atoms with Crippen LogP contribution >= 0.6 is 0 Å². The number of benzene rings is 2. The minimum absolute atomic E-state index is 0.200. The Morgan fingerprint density at radius 3 is 2.50 bits per heavy atom. The van der Waals surface area contributed by atoms with E-state index in [0.29, 0.717) is 0 Å². The second kappa shape index (κ2) is 5.06. The summed E-state index contributed by atoms with van der Waals surface area (Å²) in [5.41, 5.74) is 9.45. The molecule has 0 amide bonds. The fourth-order valence-corrected chi connectivity index (χ4v) is 2.39. The van der Waals surface area contributed by atoms with Gasteiger partial charge in [0.05, 0.1) is 13.2 Å². The zero-order valence-electron chi connectivity index (χ0n) is 11.6. The van der Waals surface area contributed by atoms with Crippen LogP contribution in [-0.2, 0) is 0 Å². The summed E-state index contributed by atoms with van der Waals surface area (Å²) < 4.78 is 16.0. The van der Waals surface area contributed by atoms with Gasteiger partial charge in [-0.25, -0.2) is 0 Å². The monoisotopic (exact) mass is 271 g/mol. The summed E-state index contributed by atoms with van der Waals surface area (Å²) in [7, 11) is 1.67. The van der Waals surface area contributed by atoms with E-state index in [1.807, 2.05) is 43.3 Å². The molecule has 0 spiro atoms. The van der Waals surface area contributed by atoms with E-state index in [4.69, 9.17) is 19.9 Å². The lowest BCUT2D eigenvalue weighted by Gasteiger charge is -2.15. The maximum Gasteiger partial charge on any atom is 0.231 e. The molecule has 1 unspecified atom stereocenters. The third-order valence-electron chi connectivity index (χ3n) is 3.53. The van der Waals surface area contributed by atoms with Gasteiger partial charge < -0.3 is 19.9 Å². The Morgan fingerprint density at radius 1 is 1.05 bits per heavy atom. The molecule has 2 aromatic carbocycles.